The number of fused-ring (bicyclic) bond motifs is 6. The summed E-state index contributed by atoms with van der Waals surface area (Å²) in [4.78, 5) is 31.4. The average Bonchev–Trinajstić information content (AvgIpc) is 3.69. The Bertz CT molecular complexity index is 1450. The van der Waals surface area contributed by atoms with E-state index < -0.39 is 59.7 Å². The van der Waals surface area contributed by atoms with Crippen molar-refractivity contribution < 1.29 is 38.0 Å². The average molecular weight is 564 g/mol. The van der Waals surface area contributed by atoms with Gasteiger partial charge in [0.25, 0.3) is 0 Å². The summed E-state index contributed by atoms with van der Waals surface area (Å²) in [5.74, 6) is -3.35. The van der Waals surface area contributed by atoms with Gasteiger partial charge in [0.15, 0.2) is 23.6 Å². The van der Waals surface area contributed by atoms with E-state index in [2.05, 4.69) is 4.90 Å². The van der Waals surface area contributed by atoms with Gasteiger partial charge in [0.1, 0.15) is 23.9 Å². The lowest BCUT2D eigenvalue weighted by molar-refractivity contribution is -0.249. The van der Waals surface area contributed by atoms with E-state index >= 15 is 0 Å². The van der Waals surface area contributed by atoms with E-state index in [0.29, 0.717) is 12.1 Å². The van der Waals surface area contributed by atoms with E-state index in [1.807, 2.05) is 71.0 Å². The van der Waals surface area contributed by atoms with Crippen LogP contribution < -0.4 is 0 Å². The van der Waals surface area contributed by atoms with Gasteiger partial charge in [-0.25, -0.2) is 0 Å². The highest BCUT2D eigenvalue weighted by Gasteiger charge is 2.73. The molecule has 8 rings (SSSR count). The minimum Gasteiger partial charge on any atom is -0.466 e. The van der Waals surface area contributed by atoms with E-state index in [4.69, 9.17) is 28.4 Å². The van der Waals surface area contributed by atoms with Gasteiger partial charge in [-0.3, -0.25) is 14.5 Å². The van der Waals surface area contributed by atoms with Crippen LogP contribution in [0, 0.1) is 11.8 Å². The number of ether oxygens (including phenoxy) is 6. The Morgan fingerprint density at radius 3 is 2.39 bits per heavy atom. The van der Waals surface area contributed by atoms with Crippen molar-refractivity contribution in [2.24, 2.45) is 11.8 Å². The van der Waals surface area contributed by atoms with Crippen molar-refractivity contribution in [1.82, 2.24) is 4.90 Å². The molecule has 5 heterocycles. The van der Waals surface area contributed by atoms with E-state index in [1.165, 1.54) is 0 Å². The van der Waals surface area contributed by atoms with Crippen LogP contribution in [0.4, 0.5) is 0 Å². The van der Waals surface area contributed by atoms with E-state index in [1.54, 1.807) is 0 Å². The van der Waals surface area contributed by atoms with Gasteiger partial charge in [0, 0.05) is 17.5 Å². The highest BCUT2D eigenvalue weighted by molar-refractivity contribution is 6.21. The summed E-state index contributed by atoms with van der Waals surface area (Å²) < 4.78 is 38.1. The van der Waals surface area contributed by atoms with Crippen LogP contribution in [0.15, 0.2) is 36.4 Å². The lowest BCUT2D eigenvalue weighted by Crippen LogP contribution is -2.60. The molecule has 0 saturated carbocycles. The van der Waals surface area contributed by atoms with Crippen molar-refractivity contribution in [1.29, 1.82) is 0 Å². The molecule has 218 valence electrons. The van der Waals surface area contributed by atoms with Crippen LogP contribution in [-0.2, 0) is 38.8 Å². The number of Topliss-reactive ketones (excluding diaryl/α,β-unsaturated/α-hetero) is 1. The number of benzene rings is 2. The third-order valence-electron chi connectivity index (χ3n) is 10.0. The Kier molecular flexibility index (Phi) is 5.49. The van der Waals surface area contributed by atoms with Crippen LogP contribution in [0.25, 0.3) is 10.8 Å². The molecule has 1 spiro atoms. The highest BCUT2D eigenvalue weighted by atomic mass is 16.9. The molecule has 9 atom stereocenters. The molecule has 0 bridgehead atoms. The Hall–Kier alpha value is -2.40. The Morgan fingerprint density at radius 2 is 1.63 bits per heavy atom. The zero-order chi connectivity index (χ0) is 28.5. The standard InChI is InChI=1S/C32H37NO8/c1-6-36-28(35)22-21(23-24-25(39-30(2,3)38-24)26-29(37-23)41-31(4,5)40-26)19-14-9-15-33(19)32(22)18-13-8-11-16-10-7-12-17(20(16)18)27(32)34/h7-8,10-13,19,21-26,29H,6,9,14-15H2,1-5H3/t19-,21-,22-,23+,24-,25-,26+,29+,32+/m0/s1. The molecule has 6 aliphatic rings. The maximum absolute atomic E-state index is 14.8. The first-order chi connectivity index (χ1) is 19.6. The highest BCUT2D eigenvalue weighted by Crippen LogP contribution is 2.62. The summed E-state index contributed by atoms with van der Waals surface area (Å²) in [5.41, 5.74) is 0.369. The second kappa shape index (κ2) is 8.58. The van der Waals surface area contributed by atoms with Crippen LogP contribution in [0.5, 0.6) is 0 Å². The zero-order valence-corrected chi connectivity index (χ0v) is 24.1. The fraction of sp³-hybridized carbons (Fsp3) is 0.625. The molecule has 2 aromatic carbocycles. The normalized spacial score (nSPS) is 41.6. The number of carbonyl (C=O) groups excluding carboxylic acids is 2. The minimum atomic E-state index is -1.18. The summed E-state index contributed by atoms with van der Waals surface area (Å²) in [5, 5.41) is 1.93. The predicted octanol–water partition coefficient (Wildman–Crippen LogP) is 3.90. The first kappa shape index (κ1) is 26.2. The monoisotopic (exact) mass is 563 g/mol. The summed E-state index contributed by atoms with van der Waals surface area (Å²) in [7, 11) is 0. The number of esters is 1. The molecular formula is C32H37NO8. The van der Waals surface area contributed by atoms with Gasteiger partial charge in [-0.1, -0.05) is 36.4 Å². The Morgan fingerprint density at radius 1 is 0.951 bits per heavy atom. The minimum absolute atomic E-state index is 0.0347. The van der Waals surface area contributed by atoms with Gasteiger partial charge < -0.3 is 28.4 Å². The summed E-state index contributed by atoms with van der Waals surface area (Å²) in [6, 6.07) is 11.8. The van der Waals surface area contributed by atoms with Crippen molar-refractivity contribution in [3.63, 3.8) is 0 Å². The Labute approximate surface area is 239 Å². The molecule has 9 nitrogen and oxygen atoms in total. The number of carbonyl (C=O) groups is 2. The topological polar surface area (TPSA) is 92.8 Å². The molecule has 0 amide bonds. The summed E-state index contributed by atoms with van der Waals surface area (Å²) in [6.45, 7) is 10.2. The number of nitrogens with zero attached hydrogens (tertiary/aromatic N) is 1. The van der Waals surface area contributed by atoms with Crippen LogP contribution in [0.1, 0.15) is 63.4 Å². The molecule has 5 fully saturated rings. The van der Waals surface area contributed by atoms with Crippen LogP contribution in [-0.4, -0.2) is 78.1 Å². The molecule has 1 aliphatic carbocycles. The molecule has 41 heavy (non-hydrogen) atoms. The van der Waals surface area contributed by atoms with E-state index in [0.717, 1.165) is 29.2 Å². The molecule has 0 radical (unpaired) electrons. The van der Waals surface area contributed by atoms with Crippen molar-refractivity contribution in [3.8, 4) is 0 Å². The second-order valence-corrected chi connectivity index (χ2v) is 13.1. The maximum Gasteiger partial charge on any atom is 0.312 e. The smallest absolute Gasteiger partial charge is 0.312 e. The SMILES string of the molecule is CCOC(=O)[C@@H]1[C@@H]([C@H]2O[C@@H]3OC(C)(C)O[C@@H]3[C@H]3OC(C)(C)O[C@H]32)[C@@H]2CCCN2[C@@]12C(=O)c1cccc3cccc2c13. The maximum atomic E-state index is 14.8. The molecule has 9 heteroatoms. The van der Waals surface area contributed by atoms with Gasteiger partial charge in [0.05, 0.1) is 18.6 Å². The fourth-order valence-corrected chi connectivity index (χ4v) is 9.00. The molecule has 0 N–H and O–H groups in total. The van der Waals surface area contributed by atoms with Gasteiger partial charge in [-0.15, -0.1) is 0 Å². The number of hydrogen-bond acceptors (Lipinski definition) is 9. The van der Waals surface area contributed by atoms with Crippen molar-refractivity contribution in [2.75, 3.05) is 13.2 Å². The number of rotatable bonds is 3. The molecule has 5 aliphatic heterocycles. The van der Waals surface area contributed by atoms with Crippen LogP contribution in [0.2, 0.25) is 0 Å². The van der Waals surface area contributed by atoms with E-state index in [-0.39, 0.29) is 24.4 Å². The van der Waals surface area contributed by atoms with Gasteiger partial charge in [-0.05, 0) is 70.3 Å². The summed E-state index contributed by atoms with van der Waals surface area (Å²) in [6.07, 6.45) is -0.975. The van der Waals surface area contributed by atoms with Gasteiger partial charge in [-0.2, -0.15) is 0 Å². The Balaban J connectivity index is 1.32. The first-order valence-electron chi connectivity index (χ1n) is 14.9. The molecule has 2 aromatic rings. The quantitative estimate of drug-likeness (QED) is 0.516. The lowest BCUT2D eigenvalue weighted by atomic mass is 9.69. The predicted molar refractivity (Wildman–Crippen MR) is 146 cm³/mol. The second-order valence-electron chi connectivity index (χ2n) is 13.1. The summed E-state index contributed by atoms with van der Waals surface area (Å²) >= 11 is 0. The lowest BCUT2D eigenvalue weighted by Gasteiger charge is -2.43. The largest absolute Gasteiger partial charge is 0.466 e. The van der Waals surface area contributed by atoms with Crippen molar-refractivity contribution in [3.05, 3.63) is 47.5 Å². The van der Waals surface area contributed by atoms with E-state index in [9.17, 15) is 9.59 Å². The molecule has 0 unspecified atom stereocenters. The van der Waals surface area contributed by atoms with Crippen LogP contribution >= 0.6 is 0 Å². The van der Waals surface area contributed by atoms with Gasteiger partial charge in [0.2, 0.25) is 0 Å². The third kappa shape index (κ3) is 3.39. The first-order valence-corrected chi connectivity index (χ1v) is 14.9. The van der Waals surface area contributed by atoms with Crippen LogP contribution in [0.3, 0.4) is 0 Å². The molecule has 0 aromatic heterocycles. The van der Waals surface area contributed by atoms with Crippen molar-refractivity contribution in [2.45, 2.75) is 101 Å². The van der Waals surface area contributed by atoms with Gasteiger partial charge >= 0.3 is 5.97 Å². The molecule has 5 saturated heterocycles. The van der Waals surface area contributed by atoms with Crippen molar-refractivity contribution >= 4 is 22.5 Å². The fourth-order valence-electron chi connectivity index (χ4n) is 9.00. The molecular weight excluding hydrogens is 526 g/mol. The zero-order valence-electron chi connectivity index (χ0n) is 24.1. The third-order valence-corrected chi connectivity index (χ3v) is 10.0. The number of hydrogen-bond donors (Lipinski definition) is 0. The number of ketones is 1.